The van der Waals surface area contributed by atoms with E-state index in [1.165, 1.54) is 6.33 Å². The largest absolute Gasteiger partial charge is 0.383 e. The number of carbonyl (C=O) groups is 1. The number of aromatic amines is 1. The van der Waals surface area contributed by atoms with Crippen LogP contribution in [0.3, 0.4) is 0 Å². The first kappa shape index (κ1) is 19.5. The molecular formula is C24H21N7O. The second-order valence-electron chi connectivity index (χ2n) is 7.37. The van der Waals surface area contributed by atoms with Crippen molar-refractivity contribution in [2.75, 3.05) is 12.3 Å². The van der Waals surface area contributed by atoms with Gasteiger partial charge in [0.15, 0.2) is 5.65 Å². The van der Waals surface area contributed by atoms with Crippen LogP contribution in [-0.4, -0.2) is 37.0 Å². The van der Waals surface area contributed by atoms with Gasteiger partial charge in [-0.15, -0.1) is 0 Å². The van der Waals surface area contributed by atoms with Gasteiger partial charge in [0.05, 0.1) is 11.7 Å². The number of nitrogens with zero attached hydrogens (tertiary/aromatic N) is 4. The maximum atomic E-state index is 12.7. The fraction of sp³-hybridized carbons (Fsp3) is 0.0833. The van der Waals surface area contributed by atoms with Gasteiger partial charge in [0.25, 0.3) is 5.91 Å². The molecule has 4 N–H and O–H groups in total. The summed E-state index contributed by atoms with van der Waals surface area (Å²) in [5.74, 6) is 0.278. The van der Waals surface area contributed by atoms with Crippen molar-refractivity contribution in [3.63, 3.8) is 0 Å². The number of anilines is 1. The molecule has 0 atom stereocenters. The number of benzene rings is 2. The summed E-state index contributed by atoms with van der Waals surface area (Å²) < 4.78 is 1.94. The number of rotatable bonds is 6. The normalized spacial score (nSPS) is 11.0. The lowest BCUT2D eigenvalue weighted by Gasteiger charge is -2.08. The number of imidazole rings is 1. The molecule has 3 heterocycles. The van der Waals surface area contributed by atoms with Crippen molar-refractivity contribution in [2.24, 2.45) is 0 Å². The van der Waals surface area contributed by atoms with Gasteiger partial charge in [0, 0.05) is 47.9 Å². The molecule has 158 valence electrons. The molecule has 1 amide bonds. The van der Waals surface area contributed by atoms with Gasteiger partial charge in [-0.05, 0) is 23.8 Å². The Balaban J connectivity index is 1.48. The number of nitrogen functional groups attached to an aromatic ring is 1. The molecule has 0 aliphatic heterocycles. The molecule has 3 aromatic heterocycles. The van der Waals surface area contributed by atoms with Crippen molar-refractivity contribution in [1.82, 2.24) is 29.8 Å². The van der Waals surface area contributed by atoms with Gasteiger partial charge in [-0.2, -0.15) is 0 Å². The molecule has 0 saturated carbocycles. The predicted octanol–water partition coefficient (Wildman–Crippen LogP) is 3.37. The van der Waals surface area contributed by atoms with Crippen LogP contribution in [0.2, 0.25) is 0 Å². The molecule has 0 bridgehead atoms. The standard InChI is InChI=1S/C24H21N7O/c25-22-21-20(16-5-2-1-3-6-16)13-31(23(21)30-15-29-22)19-8-4-7-17(11-19)24(32)27-10-9-18-12-26-14-28-18/h1-8,11-15H,9-10H2,(H,26,28)(H,27,32)(H2,25,29,30). The Hall–Kier alpha value is -4.46. The van der Waals surface area contributed by atoms with Gasteiger partial charge in [-0.25, -0.2) is 15.0 Å². The average Bonchev–Trinajstić information content (AvgIpc) is 3.48. The van der Waals surface area contributed by atoms with Crippen molar-refractivity contribution in [1.29, 1.82) is 0 Å². The van der Waals surface area contributed by atoms with Crippen LogP contribution in [0.1, 0.15) is 16.1 Å². The van der Waals surface area contributed by atoms with Crippen LogP contribution in [-0.2, 0) is 6.42 Å². The number of fused-ring (bicyclic) bond motifs is 1. The Morgan fingerprint density at radius 1 is 1.09 bits per heavy atom. The summed E-state index contributed by atoms with van der Waals surface area (Å²) in [4.78, 5) is 28.4. The van der Waals surface area contributed by atoms with Crippen molar-refractivity contribution < 1.29 is 4.79 Å². The molecule has 0 aliphatic carbocycles. The van der Waals surface area contributed by atoms with E-state index in [-0.39, 0.29) is 5.91 Å². The lowest BCUT2D eigenvalue weighted by Crippen LogP contribution is -2.25. The van der Waals surface area contributed by atoms with Crippen molar-refractivity contribution in [2.45, 2.75) is 6.42 Å². The minimum Gasteiger partial charge on any atom is -0.383 e. The third-order valence-electron chi connectivity index (χ3n) is 5.32. The topological polar surface area (TPSA) is 115 Å². The smallest absolute Gasteiger partial charge is 0.251 e. The van der Waals surface area contributed by atoms with E-state index in [0.717, 1.165) is 27.9 Å². The van der Waals surface area contributed by atoms with Crippen molar-refractivity contribution in [3.8, 4) is 16.8 Å². The number of hydrogen-bond acceptors (Lipinski definition) is 5. The first-order valence-electron chi connectivity index (χ1n) is 10.2. The number of nitrogens with two attached hydrogens (primary N) is 1. The first-order valence-corrected chi connectivity index (χ1v) is 10.2. The number of carbonyl (C=O) groups excluding carboxylic acids is 1. The van der Waals surface area contributed by atoms with E-state index in [1.807, 2.05) is 59.3 Å². The molecule has 0 spiro atoms. The highest BCUT2D eigenvalue weighted by Crippen LogP contribution is 2.34. The van der Waals surface area contributed by atoms with Crippen LogP contribution in [0, 0.1) is 0 Å². The monoisotopic (exact) mass is 423 g/mol. The lowest BCUT2D eigenvalue weighted by atomic mass is 10.1. The fourth-order valence-electron chi connectivity index (χ4n) is 3.75. The lowest BCUT2D eigenvalue weighted by molar-refractivity contribution is 0.0954. The molecule has 0 aliphatic rings. The summed E-state index contributed by atoms with van der Waals surface area (Å²) >= 11 is 0. The molecule has 2 aromatic carbocycles. The third kappa shape index (κ3) is 3.69. The summed E-state index contributed by atoms with van der Waals surface area (Å²) in [5.41, 5.74) is 11.2. The van der Waals surface area contributed by atoms with Crippen molar-refractivity contribution >= 4 is 22.8 Å². The second kappa shape index (κ2) is 8.35. The number of amides is 1. The quantitative estimate of drug-likeness (QED) is 0.387. The van der Waals surface area contributed by atoms with Crippen LogP contribution in [0.5, 0.6) is 0 Å². The zero-order valence-corrected chi connectivity index (χ0v) is 17.2. The number of nitrogens with one attached hydrogen (secondary N) is 2. The first-order chi connectivity index (χ1) is 15.7. The summed E-state index contributed by atoms with van der Waals surface area (Å²) in [6.07, 6.45) is 7.50. The molecule has 0 fully saturated rings. The Morgan fingerprint density at radius 3 is 2.78 bits per heavy atom. The fourth-order valence-corrected chi connectivity index (χ4v) is 3.75. The maximum absolute atomic E-state index is 12.7. The molecule has 5 aromatic rings. The molecule has 8 heteroatoms. The van der Waals surface area contributed by atoms with Gasteiger partial charge in [-0.1, -0.05) is 36.4 Å². The van der Waals surface area contributed by atoms with Crippen molar-refractivity contribution in [3.05, 3.63) is 90.9 Å². The highest BCUT2D eigenvalue weighted by atomic mass is 16.1. The van der Waals surface area contributed by atoms with E-state index in [4.69, 9.17) is 5.73 Å². The summed E-state index contributed by atoms with van der Waals surface area (Å²) in [5, 5.41) is 3.74. The Kier molecular flexibility index (Phi) is 5.09. The van der Waals surface area contributed by atoms with Crippen LogP contribution in [0.25, 0.3) is 27.8 Å². The van der Waals surface area contributed by atoms with Gasteiger partial charge >= 0.3 is 0 Å². The molecule has 0 unspecified atom stereocenters. The number of hydrogen-bond donors (Lipinski definition) is 3. The maximum Gasteiger partial charge on any atom is 0.251 e. The van der Waals surface area contributed by atoms with Crippen LogP contribution >= 0.6 is 0 Å². The highest BCUT2D eigenvalue weighted by Gasteiger charge is 2.16. The van der Waals surface area contributed by atoms with Crippen LogP contribution < -0.4 is 11.1 Å². The Bertz CT molecular complexity index is 1370. The Morgan fingerprint density at radius 2 is 1.97 bits per heavy atom. The van der Waals surface area contributed by atoms with Crippen LogP contribution in [0.15, 0.2) is 79.6 Å². The molecule has 8 nitrogen and oxygen atoms in total. The van der Waals surface area contributed by atoms with Gasteiger partial charge in [0.1, 0.15) is 12.1 Å². The van der Waals surface area contributed by atoms with E-state index >= 15 is 0 Å². The van der Waals surface area contributed by atoms with E-state index in [0.29, 0.717) is 30.0 Å². The second-order valence-corrected chi connectivity index (χ2v) is 7.37. The Labute approximate surface area is 184 Å². The average molecular weight is 423 g/mol. The summed E-state index contributed by atoms with van der Waals surface area (Å²) in [7, 11) is 0. The minimum absolute atomic E-state index is 0.139. The van der Waals surface area contributed by atoms with Gasteiger partial charge in [0.2, 0.25) is 0 Å². The number of aromatic nitrogens is 5. The summed E-state index contributed by atoms with van der Waals surface area (Å²) in [6.45, 7) is 0.514. The molecular weight excluding hydrogens is 402 g/mol. The SMILES string of the molecule is Nc1ncnc2c1c(-c1ccccc1)cn2-c1cccc(C(=O)NCCc2cnc[nH]2)c1. The molecule has 5 rings (SSSR count). The third-order valence-corrected chi connectivity index (χ3v) is 5.32. The minimum atomic E-state index is -0.139. The molecule has 0 radical (unpaired) electrons. The van der Waals surface area contributed by atoms with E-state index in [1.54, 1.807) is 18.6 Å². The van der Waals surface area contributed by atoms with E-state index < -0.39 is 0 Å². The van der Waals surface area contributed by atoms with Gasteiger partial charge < -0.3 is 20.6 Å². The molecule has 32 heavy (non-hydrogen) atoms. The van der Waals surface area contributed by atoms with E-state index in [2.05, 4.69) is 25.3 Å². The van der Waals surface area contributed by atoms with Gasteiger partial charge in [-0.3, -0.25) is 4.79 Å². The van der Waals surface area contributed by atoms with Crippen LogP contribution in [0.4, 0.5) is 5.82 Å². The van der Waals surface area contributed by atoms with E-state index in [9.17, 15) is 4.79 Å². The zero-order chi connectivity index (χ0) is 21.9. The highest BCUT2D eigenvalue weighted by molar-refractivity contribution is 6.01. The zero-order valence-electron chi connectivity index (χ0n) is 17.2. The number of H-pyrrole nitrogens is 1. The predicted molar refractivity (Wildman–Crippen MR) is 123 cm³/mol. The summed E-state index contributed by atoms with van der Waals surface area (Å²) in [6, 6.07) is 17.4. The molecule has 0 saturated heterocycles.